The van der Waals surface area contributed by atoms with E-state index in [2.05, 4.69) is 44.8 Å². The molecule has 2 nitrogen and oxygen atoms in total. The van der Waals surface area contributed by atoms with Crippen molar-refractivity contribution in [3.63, 3.8) is 0 Å². The van der Waals surface area contributed by atoms with E-state index in [4.69, 9.17) is 0 Å². The van der Waals surface area contributed by atoms with Gasteiger partial charge in [-0.3, -0.25) is 0 Å². The zero-order valence-corrected chi connectivity index (χ0v) is 15.1. The van der Waals surface area contributed by atoms with Gasteiger partial charge in [-0.2, -0.15) is 0 Å². The van der Waals surface area contributed by atoms with Crippen LogP contribution in [0.2, 0.25) is 0 Å². The minimum absolute atomic E-state index is 0.574. The average molecular weight is 295 g/mol. The van der Waals surface area contributed by atoms with Crippen molar-refractivity contribution in [1.82, 2.24) is 10.2 Å². The first-order valence-electron chi connectivity index (χ1n) is 9.37. The fourth-order valence-electron chi connectivity index (χ4n) is 4.31. The number of nitrogens with zero attached hydrogens (tertiary/aromatic N) is 1. The van der Waals surface area contributed by atoms with Crippen LogP contribution in [0.1, 0.15) is 66.7 Å². The van der Waals surface area contributed by atoms with Crippen LogP contribution in [0.3, 0.4) is 0 Å². The summed E-state index contributed by atoms with van der Waals surface area (Å²) in [5, 5.41) is 3.77. The molecule has 0 bridgehead atoms. The zero-order valence-electron chi connectivity index (χ0n) is 15.1. The van der Waals surface area contributed by atoms with Crippen molar-refractivity contribution >= 4 is 0 Å². The van der Waals surface area contributed by atoms with Gasteiger partial charge in [-0.25, -0.2) is 0 Å². The molecule has 0 spiro atoms. The Balaban J connectivity index is 1.90. The molecule has 0 amide bonds. The summed E-state index contributed by atoms with van der Waals surface area (Å²) in [5.74, 6) is 2.67. The normalized spacial score (nSPS) is 34.3. The van der Waals surface area contributed by atoms with Crippen molar-refractivity contribution in [2.45, 2.75) is 72.8 Å². The van der Waals surface area contributed by atoms with Gasteiger partial charge in [-0.1, -0.05) is 34.6 Å². The fraction of sp³-hybridized carbons (Fsp3) is 1.00. The van der Waals surface area contributed by atoms with Gasteiger partial charge in [-0.15, -0.1) is 0 Å². The number of piperidine rings is 1. The molecule has 1 aliphatic heterocycles. The van der Waals surface area contributed by atoms with Gasteiger partial charge >= 0.3 is 0 Å². The predicted octanol–water partition coefficient (Wildman–Crippen LogP) is 4.16. The fourth-order valence-corrected chi connectivity index (χ4v) is 4.31. The van der Waals surface area contributed by atoms with E-state index in [-0.39, 0.29) is 0 Å². The van der Waals surface area contributed by atoms with Crippen molar-refractivity contribution in [2.24, 2.45) is 23.2 Å². The smallest absolute Gasteiger partial charge is 0.0108 e. The van der Waals surface area contributed by atoms with E-state index in [1.54, 1.807) is 0 Å². The molecule has 1 heterocycles. The van der Waals surface area contributed by atoms with Crippen LogP contribution in [-0.4, -0.2) is 37.1 Å². The standard InChI is InChI=1S/C19H38N2/c1-6-20-18-8-7-16(15(2)3)13-17(18)14-21-11-9-19(4,5)10-12-21/h15-18,20H,6-14H2,1-5H3. The van der Waals surface area contributed by atoms with E-state index in [1.807, 2.05) is 0 Å². The highest BCUT2D eigenvalue weighted by molar-refractivity contribution is 4.89. The maximum atomic E-state index is 3.77. The van der Waals surface area contributed by atoms with Crippen molar-refractivity contribution in [2.75, 3.05) is 26.2 Å². The molecule has 124 valence electrons. The van der Waals surface area contributed by atoms with Crippen molar-refractivity contribution < 1.29 is 0 Å². The third-order valence-corrected chi connectivity index (χ3v) is 6.13. The van der Waals surface area contributed by atoms with Crippen LogP contribution < -0.4 is 5.32 Å². The largest absolute Gasteiger partial charge is 0.314 e. The van der Waals surface area contributed by atoms with Crippen molar-refractivity contribution in [3.8, 4) is 0 Å². The number of rotatable bonds is 5. The van der Waals surface area contributed by atoms with Gasteiger partial charge in [0.2, 0.25) is 0 Å². The molecule has 0 aromatic rings. The maximum absolute atomic E-state index is 3.77. The van der Waals surface area contributed by atoms with Gasteiger partial charge in [-0.05, 0) is 74.9 Å². The summed E-state index contributed by atoms with van der Waals surface area (Å²) in [5.41, 5.74) is 0.574. The minimum Gasteiger partial charge on any atom is -0.314 e. The molecule has 1 aliphatic carbocycles. The lowest BCUT2D eigenvalue weighted by Gasteiger charge is -2.43. The topological polar surface area (TPSA) is 15.3 Å². The Morgan fingerprint density at radius 3 is 2.38 bits per heavy atom. The maximum Gasteiger partial charge on any atom is 0.0108 e. The first-order valence-corrected chi connectivity index (χ1v) is 9.37. The molecule has 2 fully saturated rings. The summed E-state index contributed by atoms with van der Waals surface area (Å²) in [6, 6.07) is 0.764. The highest BCUT2D eigenvalue weighted by atomic mass is 15.1. The molecule has 2 aliphatic rings. The third-order valence-electron chi connectivity index (χ3n) is 6.13. The second kappa shape index (κ2) is 7.46. The van der Waals surface area contributed by atoms with E-state index >= 15 is 0 Å². The lowest BCUT2D eigenvalue weighted by molar-refractivity contribution is 0.0801. The molecule has 3 atom stereocenters. The number of hydrogen-bond acceptors (Lipinski definition) is 2. The molecule has 1 N–H and O–H groups in total. The Labute approximate surface area is 133 Å². The van der Waals surface area contributed by atoms with Crippen LogP contribution in [0.5, 0.6) is 0 Å². The monoisotopic (exact) mass is 294 g/mol. The van der Waals surface area contributed by atoms with Gasteiger partial charge in [0.25, 0.3) is 0 Å². The van der Waals surface area contributed by atoms with Crippen molar-refractivity contribution in [1.29, 1.82) is 0 Å². The molecule has 3 unspecified atom stereocenters. The summed E-state index contributed by atoms with van der Waals surface area (Å²) in [6.07, 6.45) is 7.01. The summed E-state index contributed by atoms with van der Waals surface area (Å²) in [4.78, 5) is 2.75. The summed E-state index contributed by atoms with van der Waals surface area (Å²) in [6.45, 7) is 17.0. The first kappa shape index (κ1) is 17.3. The van der Waals surface area contributed by atoms with Crippen LogP contribution >= 0.6 is 0 Å². The summed E-state index contributed by atoms with van der Waals surface area (Å²) < 4.78 is 0. The average Bonchev–Trinajstić information content (AvgIpc) is 2.43. The van der Waals surface area contributed by atoms with Gasteiger partial charge < -0.3 is 10.2 Å². The van der Waals surface area contributed by atoms with Crippen molar-refractivity contribution in [3.05, 3.63) is 0 Å². The summed E-state index contributed by atoms with van der Waals surface area (Å²) in [7, 11) is 0. The SMILES string of the molecule is CCNC1CCC(C(C)C)CC1CN1CCC(C)(C)CC1. The summed E-state index contributed by atoms with van der Waals surface area (Å²) >= 11 is 0. The lowest BCUT2D eigenvalue weighted by atomic mass is 9.73. The van der Waals surface area contributed by atoms with E-state index < -0.39 is 0 Å². The second-order valence-electron chi connectivity index (χ2n) is 8.71. The quantitative estimate of drug-likeness (QED) is 0.819. The minimum atomic E-state index is 0.574. The first-order chi connectivity index (χ1) is 9.91. The molecule has 1 saturated heterocycles. The Morgan fingerprint density at radius 2 is 1.81 bits per heavy atom. The molecule has 21 heavy (non-hydrogen) atoms. The van der Waals surface area contributed by atoms with Gasteiger partial charge in [0, 0.05) is 12.6 Å². The highest BCUT2D eigenvalue weighted by Gasteiger charge is 2.34. The lowest BCUT2D eigenvalue weighted by Crippen LogP contribution is -2.48. The van der Waals surface area contributed by atoms with E-state index in [1.165, 1.54) is 51.7 Å². The molecule has 1 saturated carbocycles. The Hall–Kier alpha value is -0.0800. The number of hydrogen-bond donors (Lipinski definition) is 1. The molecule has 2 rings (SSSR count). The number of nitrogens with one attached hydrogen (secondary N) is 1. The van der Waals surface area contributed by atoms with Crippen LogP contribution in [0.15, 0.2) is 0 Å². The zero-order chi connectivity index (χ0) is 15.5. The van der Waals surface area contributed by atoms with Crippen LogP contribution in [-0.2, 0) is 0 Å². The van der Waals surface area contributed by atoms with Crippen LogP contribution in [0.4, 0.5) is 0 Å². The Bertz CT molecular complexity index is 301. The highest BCUT2D eigenvalue weighted by Crippen LogP contribution is 2.36. The molecule has 2 heteroatoms. The van der Waals surface area contributed by atoms with E-state index in [0.717, 1.165) is 30.3 Å². The number of likely N-dealkylation sites (tertiary alicyclic amines) is 1. The van der Waals surface area contributed by atoms with Gasteiger partial charge in [0.05, 0.1) is 0 Å². The molecule has 0 aromatic carbocycles. The molecule has 0 aromatic heterocycles. The third kappa shape index (κ3) is 4.96. The predicted molar refractivity (Wildman–Crippen MR) is 92.6 cm³/mol. The van der Waals surface area contributed by atoms with Crippen LogP contribution in [0, 0.1) is 23.2 Å². The molecular formula is C19H38N2. The van der Waals surface area contributed by atoms with Crippen LogP contribution in [0.25, 0.3) is 0 Å². The van der Waals surface area contributed by atoms with E-state index in [9.17, 15) is 0 Å². The molecule has 0 radical (unpaired) electrons. The Kier molecular flexibility index (Phi) is 6.14. The molecular weight excluding hydrogens is 256 g/mol. The van der Waals surface area contributed by atoms with Gasteiger partial charge in [0.1, 0.15) is 0 Å². The van der Waals surface area contributed by atoms with Gasteiger partial charge in [0.15, 0.2) is 0 Å². The second-order valence-corrected chi connectivity index (χ2v) is 8.71. The van der Waals surface area contributed by atoms with E-state index in [0.29, 0.717) is 5.41 Å². The Morgan fingerprint density at radius 1 is 1.14 bits per heavy atom.